The molecule has 0 saturated heterocycles. The van der Waals surface area contributed by atoms with E-state index in [1.165, 1.54) is 89.9 Å². The molecule has 0 heterocycles. The predicted molar refractivity (Wildman–Crippen MR) is 103 cm³/mol. The van der Waals surface area contributed by atoms with E-state index in [1.54, 1.807) is 0 Å². The summed E-state index contributed by atoms with van der Waals surface area (Å²) < 4.78 is 0. The highest BCUT2D eigenvalue weighted by Crippen LogP contribution is 2.14. The highest BCUT2D eigenvalue weighted by molar-refractivity contribution is 5.86. The monoisotopic (exact) mass is 322 g/mol. The van der Waals surface area contributed by atoms with Crippen LogP contribution in [0.15, 0.2) is 0 Å². The lowest BCUT2D eigenvalue weighted by Crippen LogP contribution is -1.97. The van der Waals surface area contributed by atoms with Gasteiger partial charge in [0.15, 0.2) is 0 Å². The van der Waals surface area contributed by atoms with E-state index in [-0.39, 0.29) is 0 Å². The van der Waals surface area contributed by atoms with Crippen molar-refractivity contribution in [3.05, 3.63) is 13.3 Å². The van der Waals surface area contributed by atoms with E-state index in [2.05, 4.69) is 13.8 Å². The summed E-state index contributed by atoms with van der Waals surface area (Å²) in [4.78, 5) is 11.3. The second-order valence-electron chi connectivity index (χ2n) is 7.01. The number of rotatable bonds is 19. The number of carbonyl (C=O) groups is 1. The fraction of sp³-hybridized carbons (Fsp3) is 0.864. The number of Topliss-reactive ketones (excluding diaryl/α,β-unsaturated/α-hetero) is 1. The zero-order valence-electron chi connectivity index (χ0n) is 15.9. The molecule has 1 heteroatoms. The third-order valence-electron chi connectivity index (χ3n) is 4.57. The first kappa shape index (κ1) is 22.7. The Hall–Kier alpha value is -0.330. The molecule has 0 aromatic carbocycles. The van der Waals surface area contributed by atoms with E-state index in [9.17, 15) is 4.79 Å². The number of unbranched alkanes of at least 4 members (excludes halogenated alkanes) is 15. The van der Waals surface area contributed by atoms with Crippen LogP contribution in [-0.4, -0.2) is 5.78 Å². The fourth-order valence-corrected chi connectivity index (χ4v) is 3.05. The van der Waals surface area contributed by atoms with Crippen molar-refractivity contribution in [1.29, 1.82) is 0 Å². The van der Waals surface area contributed by atoms with Crippen molar-refractivity contribution in [1.82, 2.24) is 0 Å². The molecule has 0 unspecified atom stereocenters. The van der Waals surface area contributed by atoms with Crippen molar-refractivity contribution in [3.63, 3.8) is 0 Å². The molecule has 2 radical (unpaired) electrons. The lowest BCUT2D eigenvalue weighted by molar-refractivity contribution is -0.116. The van der Waals surface area contributed by atoms with Gasteiger partial charge in [0.1, 0.15) is 5.78 Å². The summed E-state index contributed by atoms with van der Waals surface area (Å²) in [6, 6.07) is 0. The molecular weight excluding hydrogens is 280 g/mol. The molecule has 0 saturated carbocycles. The van der Waals surface area contributed by atoms with Gasteiger partial charge in [-0.1, -0.05) is 110 Å². The van der Waals surface area contributed by atoms with Gasteiger partial charge in [0, 0.05) is 12.8 Å². The second-order valence-corrected chi connectivity index (χ2v) is 7.01. The van der Waals surface area contributed by atoms with E-state index < -0.39 is 0 Å². The van der Waals surface area contributed by atoms with Crippen LogP contribution in [0, 0.1) is 13.3 Å². The zero-order chi connectivity index (χ0) is 17.0. The van der Waals surface area contributed by atoms with Gasteiger partial charge >= 0.3 is 0 Å². The third kappa shape index (κ3) is 19.6. The molecule has 0 rings (SSSR count). The maximum Gasteiger partial charge on any atom is 0.136 e. The van der Waals surface area contributed by atoms with Crippen LogP contribution >= 0.6 is 0 Å². The average molecular weight is 323 g/mol. The molecular formula is C22H42O. The van der Waals surface area contributed by atoms with E-state index in [1.807, 2.05) is 6.42 Å². The van der Waals surface area contributed by atoms with Crippen LogP contribution in [0.4, 0.5) is 0 Å². The first-order valence-corrected chi connectivity index (χ1v) is 10.5. The van der Waals surface area contributed by atoms with Gasteiger partial charge in [-0.05, 0) is 12.8 Å². The van der Waals surface area contributed by atoms with Crippen molar-refractivity contribution in [2.45, 2.75) is 122 Å². The number of hydrogen-bond acceptors (Lipinski definition) is 1. The zero-order valence-corrected chi connectivity index (χ0v) is 15.9. The van der Waals surface area contributed by atoms with Crippen LogP contribution in [0.1, 0.15) is 122 Å². The van der Waals surface area contributed by atoms with Gasteiger partial charge in [0.25, 0.3) is 0 Å². The molecule has 0 aliphatic carbocycles. The lowest BCUT2D eigenvalue weighted by atomic mass is 10.0. The first-order chi connectivity index (χ1) is 11.3. The van der Waals surface area contributed by atoms with Gasteiger partial charge in [-0.3, -0.25) is 4.79 Å². The molecule has 0 atom stereocenters. The van der Waals surface area contributed by atoms with Gasteiger partial charge in [-0.25, -0.2) is 0 Å². The Bertz CT molecular complexity index is 234. The van der Waals surface area contributed by atoms with Crippen molar-refractivity contribution in [2.75, 3.05) is 0 Å². The summed E-state index contributed by atoms with van der Waals surface area (Å²) >= 11 is 0. The van der Waals surface area contributed by atoms with Crippen LogP contribution in [0.5, 0.6) is 0 Å². The molecule has 0 aliphatic heterocycles. The summed E-state index contributed by atoms with van der Waals surface area (Å²) in [5, 5.41) is 0. The van der Waals surface area contributed by atoms with Gasteiger partial charge < -0.3 is 0 Å². The number of ketones is 1. The Morgan fingerprint density at radius 1 is 0.696 bits per heavy atom. The summed E-state index contributed by atoms with van der Waals surface area (Å²) in [5.41, 5.74) is 0. The predicted octanol–water partition coefficient (Wildman–Crippen LogP) is 7.64. The van der Waals surface area contributed by atoms with E-state index in [0.717, 1.165) is 25.7 Å². The molecule has 0 aromatic heterocycles. The molecule has 23 heavy (non-hydrogen) atoms. The van der Waals surface area contributed by atoms with Gasteiger partial charge in [0.05, 0.1) is 0 Å². The maximum absolute atomic E-state index is 11.3. The van der Waals surface area contributed by atoms with Crippen LogP contribution in [0.25, 0.3) is 0 Å². The van der Waals surface area contributed by atoms with E-state index >= 15 is 0 Å². The van der Waals surface area contributed by atoms with Gasteiger partial charge in [-0.2, -0.15) is 0 Å². The summed E-state index contributed by atoms with van der Waals surface area (Å²) in [7, 11) is 0. The quantitative estimate of drug-likeness (QED) is 0.223. The van der Waals surface area contributed by atoms with Crippen LogP contribution < -0.4 is 0 Å². The summed E-state index contributed by atoms with van der Waals surface area (Å²) in [5.74, 6) is 0.342. The molecule has 1 nitrogen and oxygen atoms in total. The molecule has 0 N–H and O–H groups in total. The molecule has 0 aromatic rings. The van der Waals surface area contributed by atoms with E-state index in [0.29, 0.717) is 5.78 Å². The SMILES string of the molecule is [CH2]CCCCCCCCCCCCCCCC[CH]C(=O)CCC. The lowest BCUT2D eigenvalue weighted by Gasteiger charge is -2.03. The highest BCUT2D eigenvalue weighted by atomic mass is 16.1. The summed E-state index contributed by atoms with van der Waals surface area (Å²) in [6.07, 6.45) is 25.0. The van der Waals surface area contributed by atoms with Crippen LogP contribution in [-0.2, 0) is 4.79 Å². The third-order valence-corrected chi connectivity index (χ3v) is 4.57. The fourth-order valence-electron chi connectivity index (χ4n) is 3.05. The topological polar surface area (TPSA) is 17.1 Å². The molecule has 0 fully saturated rings. The van der Waals surface area contributed by atoms with Crippen molar-refractivity contribution in [2.24, 2.45) is 0 Å². The van der Waals surface area contributed by atoms with Crippen LogP contribution in [0.2, 0.25) is 0 Å². The smallest absolute Gasteiger partial charge is 0.136 e. The normalized spacial score (nSPS) is 11.0. The largest absolute Gasteiger partial charge is 0.299 e. The van der Waals surface area contributed by atoms with E-state index in [4.69, 9.17) is 0 Å². The molecule has 136 valence electrons. The second kappa shape index (κ2) is 19.7. The molecule has 0 spiro atoms. The Kier molecular flexibility index (Phi) is 19.4. The molecule has 0 bridgehead atoms. The molecule has 0 aliphatic rings. The van der Waals surface area contributed by atoms with Crippen LogP contribution in [0.3, 0.4) is 0 Å². The van der Waals surface area contributed by atoms with Crippen molar-refractivity contribution in [3.8, 4) is 0 Å². The Morgan fingerprint density at radius 3 is 1.48 bits per heavy atom. The number of hydrogen-bond donors (Lipinski definition) is 0. The Morgan fingerprint density at radius 2 is 1.09 bits per heavy atom. The van der Waals surface area contributed by atoms with Gasteiger partial charge in [-0.15, -0.1) is 0 Å². The minimum atomic E-state index is 0.342. The standard InChI is InChI=1S/C22H42O/c1-3-5-6-7-8-9-10-11-12-13-14-15-16-17-18-19-21-22(23)20-4-2/h21H,1,3-20H2,2H3. The van der Waals surface area contributed by atoms with Crippen molar-refractivity contribution < 1.29 is 4.79 Å². The Labute approximate surface area is 147 Å². The van der Waals surface area contributed by atoms with Crippen molar-refractivity contribution >= 4 is 5.78 Å². The highest BCUT2D eigenvalue weighted by Gasteiger charge is 2.00. The number of carbonyl (C=O) groups excluding carboxylic acids is 1. The van der Waals surface area contributed by atoms with Gasteiger partial charge in [0.2, 0.25) is 0 Å². The Balaban J connectivity index is 3.01. The maximum atomic E-state index is 11.3. The summed E-state index contributed by atoms with van der Waals surface area (Å²) in [6.45, 7) is 5.95. The first-order valence-electron chi connectivity index (χ1n) is 10.5. The minimum Gasteiger partial charge on any atom is -0.299 e. The average Bonchev–Trinajstić information content (AvgIpc) is 2.54. The molecule has 0 amide bonds. The minimum absolute atomic E-state index is 0.342.